The van der Waals surface area contributed by atoms with Crippen molar-refractivity contribution in [3.63, 3.8) is 0 Å². The van der Waals surface area contributed by atoms with Gasteiger partial charge in [0, 0.05) is 68.5 Å². The smallest absolute Gasteiger partial charge is 0.410 e. The highest BCUT2D eigenvalue weighted by atomic mass is 19.2. The molecule has 0 unspecified atom stereocenters. The molecule has 2 fully saturated rings. The van der Waals surface area contributed by atoms with Crippen molar-refractivity contribution in [2.24, 2.45) is 5.92 Å². The number of fused-ring (bicyclic) bond motifs is 10. The minimum atomic E-state index is -1.19. The quantitative estimate of drug-likeness (QED) is 0.0942. The molecular formula is C76H87F6N11O8. The van der Waals surface area contributed by atoms with Gasteiger partial charge in [-0.15, -0.1) is 0 Å². The number of piperidine rings is 1. The summed E-state index contributed by atoms with van der Waals surface area (Å²) in [6.07, 6.45) is 3.94. The van der Waals surface area contributed by atoms with Crippen molar-refractivity contribution in [2.45, 2.75) is 125 Å². The zero-order chi connectivity index (χ0) is 73.4. The maximum atomic E-state index is 17.7. The molecule has 4 aliphatic heterocycles. The number of nitrogens with zero attached hydrogens (tertiary/aromatic N) is 11. The summed E-state index contributed by atoms with van der Waals surface area (Å²) in [6, 6.07) is 11.3. The predicted molar refractivity (Wildman–Crippen MR) is 381 cm³/mol. The molecule has 2 saturated heterocycles. The van der Waals surface area contributed by atoms with Crippen molar-refractivity contribution < 1.29 is 54.9 Å². The molecule has 3 amide bonds. The molecule has 4 aliphatic rings. The van der Waals surface area contributed by atoms with Crippen molar-refractivity contribution in [1.29, 1.82) is 0 Å². The normalized spacial score (nSPS) is 17.6. The number of methoxy groups -OCH3 is 2. The topological polar surface area (TPSA) is 171 Å². The first-order chi connectivity index (χ1) is 47.7. The lowest BCUT2D eigenvalue weighted by Crippen LogP contribution is -2.67. The third kappa shape index (κ3) is 12.9. The summed E-state index contributed by atoms with van der Waals surface area (Å²) in [5.74, 6) is -7.31. The zero-order valence-corrected chi connectivity index (χ0v) is 60.2. The Kier molecular flexibility index (Phi) is 20.3. The van der Waals surface area contributed by atoms with Crippen LogP contribution in [0.4, 0.5) is 53.9 Å². The number of hydrogen-bond donors (Lipinski definition) is 0. The summed E-state index contributed by atoms with van der Waals surface area (Å²) in [6.45, 7) is 21.6. The number of carbonyl (C=O) groups is 3. The lowest BCUT2D eigenvalue weighted by molar-refractivity contribution is -0.122. The van der Waals surface area contributed by atoms with Gasteiger partial charge in [0.15, 0.2) is 11.6 Å². The molecule has 0 aliphatic carbocycles. The molecule has 0 N–H and O–H groups in total. The summed E-state index contributed by atoms with van der Waals surface area (Å²) in [5, 5.41) is 0.106. The number of amides is 3. The molecule has 4 aromatic carbocycles. The van der Waals surface area contributed by atoms with E-state index in [1.54, 1.807) is 71.0 Å². The van der Waals surface area contributed by atoms with E-state index in [0.717, 1.165) is 29.2 Å². The maximum absolute atomic E-state index is 17.7. The van der Waals surface area contributed by atoms with Crippen molar-refractivity contribution in [3.05, 3.63) is 151 Å². The van der Waals surface area contributed by atoms with Crippen molar-refractivity contribution in [2.75, 3.05) is 108 Å². The summed E-state index contributed by atoms with van der Waals surface area (Å²) < 4.78 is 118. The van der Waals surface area contributed by atoms with Gasteiger partial charge < -0.3 is 48.5 Å². The number of aromatic nitrogens is 4. The van der Waals surface area contributed by atoms with Crippen LogP contribution >= 0.6 is 0 Å². The van der Waals surface area contributed by atoms with Gasteiger partial charge in [-0.2, -0.15) is 0 Å². The summed E-state index contributed by atoms with van der Waals surface area (Å²) >= 11 is 0. The SMILES string of the molecule is COc1cccc(F)c1-c1c(F)cc2c3c(c(=O)n(-c4c(C)ccnc4C(C)C)c2c1F)N(CCN(C)C)C(=O)[C@H]1CC[C@H](C)CN31.COc1cccc(F)c1-c1c(F)cc2c3c(c(=O)n(-c4c(C)ccnc4C(C)C)c2c1F)N(CCN(C)C)C(=O)[C@H]1CN(C(=O)OC(C)(C)C)[C@H](C)CN31. The maximum Gasteiger partial charge on any atom is 0.410 e. The molecule has 8 heterocycles. The number of aryl methyl sites for hydroxylation is 2. The number of likely N-dealkylation sites (N-methyl/N-ethyl adjacent to an activating group) is 2. The van der Waals surface area contributed by atoms with Crippen LogP contribution in [-0.2, 0) is 14.3 Å². The Bertz CT molecular complexity index is 4760. The number of rotatable bonds is 14. The van der Waals surface area contributed by atoms with Crippen molar-refractivity contribution >= 4 is 62.5 Å². The van der Waals surface area contributed by atoms with Gasteiger partial charge in [0.2, 0.25) is 5.91 Å². The van der Waals surface area contributed by atoms with E-state index in [2.05, 4.69) is 16.9 Å². The van der Waals surface area contributed by atoms with Crippen LogP contribution in [0, 0.1) is 54.7 Å². The zero-order valence-electron chi connectivity index (χ0n) is 60.2. The Morgan fingerprint density at radius 2 is 0.990 bits per heavy atom. The van der Waals surface area contributed by atoms with Crippen LogP contribution in [-0.4, -0.2) is 164 Å². The Morgan fingerprint density at radius 1 is 0.564 bits per heavy atom. The fourth-order valence-electron chi connectivity index (χ4n) is 14.5. The van der Waals surface area contributed by atoms with Crippen LogP contribution in [0.3, 0.4) is 0 Å². The monoisotopic (exact) mass is 1400 g/mol. The molecule has 0 bridgehead atoms. The molecular weight excluding hydrogens is 1310 g/mol. The average Bonchev–Trinajstić information content (AvgIpc) is 0.705. The molecule has 4 aromatic heterocycles. The third-order valence-corrected chi connectivity index (χ3v) is 19.3. The molecule has 4 atom stereocenters. The number of benzene rings is 4. The number of pyridine rings is 4. The summed E-state index contributed by atoms with van der Waals surface area (Å²) in [5.41, 5.74) is -1.62. The van der Waals surface area contributed by atoms with Crippen LogP contribution < -0.4 is 40.2 Å². The van der Waals surface area contributed by atoms with E-state index in [1.165, 1.54) is 63.8 Å². The number of piperazine rings is 1. The Balaban J connectivity index is 0.000000205. The Hall–Kier alpha value is -9.49. The molecule has 0 radical (unpaired) electrons. The summed E-state index contributed by atoms with van der Waals surface area (Å²) in [7, 11) is 9.97. The van der Waals surface area contributed by atoms with Gasteiger partial charge in [-0.1, -0.05) is 46.8 Å². The van der Waals surface area contributed by atoms with Crippen LogP contribution in [0.15, 0.2) is 82.6 Å². The van der Waals surface area contributed by atoms with Crippen LogP contribution in [0.25, 0.3) is 55.4 Å². The van der Waals surface area contributed by atoms with Gasteiger partial charge in [0.25, 0.3) is 17.0 Å². The van der Waals surface area contributed by atoms with Crippen LogP contribution in [0.2, 0.25) is 0 Å². The molecule has 101 heavy (non-hydrogen) atoms. The Morgan fingerprint density at radius 3 is 1.40 bits per heavy atom. The van der Waals surface area contributed by atoms with Crippen LogP contribution in [0.5, 0.6) is 11.5 Å². The molecule has 8 aromatic rings. The first-order valence-corrected chi connectivity index (χ1v) is 34.0. The predicted octanol–water partition coefficient (Wildman–Crippen LogP) is 13.1. The minimum absolute atomic E-state index is 0.0121. The number of hydrogen-bond acceptors (Lipinski definition) is 14. The molecule has 25 heteroatoms. The van der Waals surface area contributed by atoms with E-state index >= 15 is 35.9 Å². The van der Waals surface area contributed by atoms with Crippen molar-refractivity contribution in [1.82, 2.24) is 33.8 Å². The first kappa shape index (κ1) is 72.8. The second kappa shape index (κ2) is 28.1. The number of ether oxygens (including phenoxy) is 3. The van der Waals surface area contributed by atoms with E-state index in [4.69, 9.17) is 14.2 Å². The molecule has 536 valence electrons. The van der Waals surface area contributed by atoms with E-state index in [9.17, 15) is 14.4 Å². The van der Waals surface area contributed by atoms with Gasteiger partial charge in [0.1, 0.15) is 63.8 Å². The van der Waals surface area contributed by atoms with Gasteiger partial charge in [0.05, 0.1) is 88.2 Å². The second-order valence-corrected chi connectivity index (χ2v) is 28.8. The van der Waals surface area contributed by atoms with E-state index in [0.29, 0.717) is 59.9 Å². The van der Waals surface area contributed by atoms with Gasteiger partial charge in [-0.05, 0) is 160 Å². The molecule has 0 spiro atoms. The van der Waals surface area contributed by atoms with E-state index in [-0.39, 0.29) is 111 Å². The van der Waals surface area contributed by atoms with Gasteiger partial charge in [-0.25, -0.2) is 31.1 Å². The standard InChI is InChI=1S/C40H47F3N6O5.C36H40F3N5O3/c1-21(2)32-33(22(3)14-15-44-32)49-34-24(18-26(42)30(31(34)43)29-25(41)12-11-13-28(29)53-10)35-36(38(49)51)46(17-16-45(8)9)37(50)27-20-47(23(4)19-48(27)35)39(52)54-40(5,6)7;1-19(2)30-31(21(4)13-14-40-30)44-32-22(17-24(38)28(29(32)39)27-23(37)9-8-10-26(27)47-7)33-34(36(44)46)42(16-15-41(5)6)35(45)25-12-11-20(3)18-43(25)33/h11-15,18,21,23,27H,16-17,19-20H2,1-10H3;8-10,13-14,17,19-20,25H,11-12,15-16,18H2,1-7H3/t23-,27-;20-,25+/m10/s1. The first-order valence-electron chi connectivity index (χ1n) is 34.0. The lowest BCUT2D eigenvalue weighted by Gasteiger charge is -2.50. The second-order valence-electron chi connectivity index (χ2n) is 28.8. The largest absolute Gasteiger partial charge is 0.496 e. The van der Waals surface area contributed by atoms with Gasteiger partial charge >= 0.3 is 6.09 Å². The van der Waals surface area contributed by atoms with E-state index < -0.39 is 98.4 Å². The van der Waals surface area contributed by atoms with Crippen molar-refractivity contribution in [3.8, 4) is 45.1 Å². The third-order valence-electron chi connectivity index (χ3n) is 19.3. The molecule has 0 saturated carbocycles. The molecule has 12 rings (SSSR count). The molecule has 19 nitrogen and oxygen atoms in total. The average molecular weight is 1400 g/mol. The van der Waals surface area contributed by atoms with E-state index in [1.807, 2.05) is 70.6 Å². The summed E-state index contributed by atoms with van der Waals surface area (Å²) in [4.78, 5) is 93.6. The number of anilines is 4. The highest BCUT2D eigenvalue weighted by Crippen LogP contribution is 2.50. The number of halogens is 6. The fourth-order valence-corrected chi connectivity index (χ4v) is 14.5. The van der Waals surface area contributed by atoms with Gasteiger partial charge in [-0.3, -0.25) is 38.3 Å². The number of carbonyl (C=O) groups excluding carboxylic acids is 3. The van der Waals surface area contributed by atoms with Crippen LogP contribution in [0.1, 0.15) is 110 Å². The minimum Gasteiger partial charge on any atom is -0.496 e. The highest BCUT2D eigenvalue weighted by Gasteiger charge is 2.50. The Labute approximate surface area is 583 Å². The lowest BCUT2D eigenvalue weighted by atomic mass is 9.89. The fraction of sp³-hybridized carbons (Fsp3) is 0.434. The highest BCUT2D eigenvalue weighted by molar-refractivity contribution is 6.14.